The van der Waals surface area contributed by atoms with Gasteiger partial charge in [-0.2, -0.15) is 9.57 Å². The van der Waals surface area contributed by atoms with E-state index in [2.05, 4.69) is 5.32 Å². The third-order valence-electron chi connectivity index (χ3n) is 3.88. The molecule has 1 N–H and O–H groups in total. The Kier molecular flexibility index (Phi) is 5.11. The SMILES string of the molecule is N#Cc1cccc(NC(=O)[C@H]2CCCN2S(=O)(=O)c2ccc(Cl)s2)c1. The van der Waals surface area contributed by atoms with Crippen molar-refractivity contribution < 1.29 is 13.2 Å². The van der Waals surface area contributed by atoms with Crippen molar-refractivity contribution in [2.45, 2.75) is 23.1 Å². The van der Waals surface area contributed by atoms with Gasteiger partial charge in [0.15, 0.2) is 0 Å². The van der Waals surface area contributed by atoms with Crippen LogP contribution in [0.2, 0.25) is 4.34 Å². The van der Waals surface area contributed by atoms with E-state index < -0.39 is 22.0 Å². The molecule has 0 saturated carbocycles. The summed E-state index contributed by atoms with van der Waals surface area (Å²) in [6.07, 6.45) is 1.05. The minimum Gasteiger partial charge on any atom is -0.325 e. The number of nitriles is 1. The van der Waals surface area contributed by atoms with Gasteiger partial charge in [0.2, 0.25) is 5.91 Å². The van der Waals surface area contributed by atoms with E-state index in [4.69, 9.17) is 16.9 Å². The molecule has 25 heavy (non-hydrogen) atoms. The fourth-order valence-corrected chi connectivity index (χ4v) is 6.00. The van der Waals surface area contributed by atoms with Crippen LogP contribution in [-0.4, -0.2) is 31.2 Å². The Bertz CT molecular complexity index is 950. The maximum atomic E-state index is 12.8. The average Bonchev–Trinajstić information content (AvgIpc) is 3.24. The monoisotopic (exact) mass is 395 g/mol. The van der Waals surface area contributed by atoms with Gasteiger partial charge in [-0.15, -0.1) is 11.3 Å². The van der Waals surface area contributed by atoms with E-state index in [1.807, 2.05) is 6.07 Å². The van der Waals surface area contributed by atoms with Gasteiger partial charge < -0.3 is 5.32 Å². The molecule has 1 atom stereocenters. The van der Waals surface area contributed by atoms with Gasteiger partial charge in [-0.05, 0) is 43.2 Å². The summed E-state index contributed by atoms with van der Waals surface area (Å²) in [5.41, 5.74) is 0.884. The third kappa shape index (κ3) is 3.70. The molecule has 0 bridgehead atoms. The van der Waals surface area contributed by atoms with Gasteiger partial charge in [0, 0.05) is 12.2 Å². The molecule has 3 rings (SSSR count). The Labute approximate surface area is 154 Å². The molecule has 130 valence electrons. The zero-order chi connectivity index (χ0) is 18.0. The highest BCUT2D eigenvalue weighted by molar-refractivity contribution is 7.91. The molecular formula is C16H14ClN3O3S2. The summed E-state index contributed by atoms with van der Waals surface area (Å²) in [5, 5.41) is 11.6. The fourth-order valence-electron chi connectivity index (χ4n) is 2.73. The lowest BCUT2D eigenvalue weighted by Gasteiger charge is -2.22. The number of sulfonamides is 1. The fraction of sp³-hybridized carbons (Fsp3) is 0.250. The second-order valence-electron chi connectivity index (χ2n) is 5.51. The van der Waals surface area contributed by atoms with Crippen molar-refractivity contribution in [2.75, 3.05) is 11.9 Å². The van der Waals surface area contributed by atoms with E-state index in [1.165, 1.54) is 16.4 Å². The van der Waals surface area contributed by atoms with Crippen LogP contribution in [-0.2, 0) is 14.8 Å². The second kappa shape index (κ2) is 7.14. The van der Waals surface area contributed by atoms with Crippen LogP contribution >= 0.6 is 22.9 Å². The van der Waals surface area contributed by atoms with Gasteiger partial charge in [0.25, 0.3) is 10.0 Å². The van der Waals surface area contributed by atoms with Gasteiger partial charge in [-0.3, -0.25) is 4.79 Å². The topological polar surface area (TPSA) is 90.3 Å². The average molecular weight is 396 g/mol. The summed E-state index contributed by atoms with van der Waals surface area (Å²) >= 11 is 6.81. The van der Waals surface area contributed by atoms with E-state index >= 15 is 0 Å². The summed E-state index contributed by atoms with van der Waals surface area (Å²) in [7, 11) is -3.76. The Morgan fingerprint density at radius 1 is 1.36 bits per heavy atom. The molecule has 2 aromatic rings. The molecule has 1 aliphatic rings. The number of thiophene rings is 1. The summed E-state index contributed by atoms with van der Waals surface area (Å²) in [6, 6.07) is 10.7. The summed E-state index contributed by atoms with van der Waals surface area (Å²) in [4.78, 5) is 12.6. The Hall–Kier alpha value is -1.92. The zero-order valence-electron chi connectivity index (χ0n) is 13.0. The van der Waals surface area contributed by atoms with Crippen LogP contribution in [0.5, 0.6) is 0 Å². The first kappa shape index (κ1) is 17.9. The largest absolute Gasteiger partial charge is 0.325 e. The van der Waals surface area contributed by atoms with Crippen LogP contribution in [0, 0.1) is 11.3 Å². The van der Waals surface area contributed by atoms with Crippen LogP contribution in [0.3, 0.4) is 0 Å². The van der Waals surface area contributed by atoms with Crippen LogP contribution in [0.15, 0.2) is 40.6 Å². The third-order valence-corrected chi connectivity index (χ3v) is 7.48. The van der Waals surface area contributed by atoms with Gasteiger partial charge in [0.1, 0.15) is 10.3 Å². The number of hydrogen-bond donors (Lipinski definition) is 1. The number of hydrogen-bond acceptors (Lipinski definition) is 5. The number of halogens is 1. The van der Waals surface area contributed by atoms with Gasteiger partial charge in [-0.1, -0.05) is 17.7 Å². The van der Waals surface area contributed by atoms with Gasteiger partial charge in [-0.25, -0.2) is 8.42 Å². The molecule has 6 nitrogen and oxygen atoms in total. The molecule has 1 amide bonds. The van der Waals surface area contributed by atoms with Crippen molar-refractivity contribution in [3.8, 4) is 6.07 Å². The van der Waals surface area contributed by atoms with Crippen molar-refractivity contribution in [3.05, 3.63) is 46.3 Å². The highest BCUT2D eigenvalue weighted by Crippen LogP contribution is 2.32. The second-order valence-corrected chi connectivity index (χ2v) is 9.35. The van der Waals surface area contributed by atoms with Crippen molar-refractivity contribution in [1.82, 2.24) is 4.31 Å². The smallest absolute Gasteiger partial charge is 0.253 e. The molecule has 1 fully saturated rings. The molecule has 0 spiro atoms. The van der Waals surface area contributed by atoms with E-state index in [0.717, 1.165) is 11.3 Å². The molecule has 1 aromatic carbocycles. The van der Waals surface area contributed by atoms with Crippen molar-refractivity contribution in [1.29, 1.82) is 5.26 Å². The Morgan fingerprint density at radius 3 is 2.84 bits per heavy atom. The summed E-state index contributed by atoms with van der Waals surface area (Å²) in [5.74, 6) is -0.404. The van der Waals surface area contributed by atoms with Crippen molar-refractivity contribution in [2.24, 2.45) is 0 Å². The molecule has 0 unspecified atom stereocenters. The minimum absolute atomic E-state index is 0.128. The number of benzene rings is 1. The summed E-state index contributed by atoms with van der Waals surface area (Å²) < 4.78 is 27.3. The van der Waals surface area contributed by atoms with Crippen LogP contribution in [0.1, 0.15) is 18.4 Å². The molecule has 1 aliphatic heterocycles. The molecule has 2 heterocycles. The first-order chi connectivity index (χ1) is 11.9. The lowest BCUT2D eigenvalue weighted by Crippen LogP contribution is -2.42. The van der Waals surface area contributed by atoms with Crippen LogP contribution < -0.4 is 5.32 Å². The molecular weight excluding hydrogens is 382 g/mol. The van der Waals surface area contributed by atoms with Crippen LogP contribution in [0.25, 0.3) is 0 Å². The van der Waals surface area contributed by atoms with Gasteiger partial charge >= 0.3 is 0 Å². The van der Waals surface area contributed by atoms with Crippen molar-refractivity contribution >= 4 is 44.6 Å². The van der Waals surface area contributed by atoms with Gasteiger partial charge in [0.05, 0.1) is 16.0 Å². The Morgan fingerprint density at radius 2 is 2.16 bits per heavy atom. The van der Waals surface area contributed by atoms with E-state index in [9.17, 15) is 13.2 Å². The maximum Gasteiger partial charge on any atom is 0.253 e. The number of nitrogens with one attached hydrogen (secondary N) is 1. The standard InChI is InChI=1S/C16H14ClN3O3S2/c17-14-6-7-15(24-14)25(22,23)20-8-2-5-13(20)16(21)19-12-4-1-3-11(9-12)10-18/h1,3-4,6-7,9,13H,2,5,8H2,(H,19,21)/t13-/m1/s1. The Balaban J connectivity index is 1.81. The lowest BCUT2D eigenvalue weighted by molar-refractivity contribution is -0.119. The molecule has 9 heteroatoms. The number of carbonyl (C=O) groups is 1. The van der Waals surface area contributed by atoms with E-state index in [0.29, 0.717) is 28.4 Å². The zero-order valence-corrected chi connectivity index (χ0v) is 15.4. The molecule has 0 aliphatic carbocycles. The number of amides is 1. The molecule has 1 aromatic heterocycles. The van der Waals surface area contributed by atoms with Crippen molar-refractivity contribution in [3.63, 3.8) is 0 Å². The first-order valence-corrected chi connectivity index (χ1v) is 10.1. The highest BCUT2D eigenvalue weighted by atomic mass is 35.5. The number of carbonyl (C=O) groups excluding carboxylic acids is 1. The molecule has 0 radical (unpaired) electrons. The minimum atomic E-state index is -3.76. The predicted octanol–water partition coefficient (Wildman–Crippen LogP) is 3.06. The molecule has 1 saturated heterocycles. The number of nitrogens with zero attached hydrogens (tertiary/aromatic N) is 2. The van der Waals surface area contributed by atoms with E-state index in [1.54, 1.807) is 24.3 Å². The number of anilines is 1. The normalized spacial score (nSPS) is 18.0. The maximum absolute atomic E-state index is 12.8. The lowest BCUT2D eigenvalue weighted by atomic mass is 10.2. The highest BCUT2D eigenvalue weighted by Gasteiger charge is 2.40. The van der Waals surface area contributed by atoms with Crippen LogP contribution in [0.4, 0.5) is 5.69 Å². The predicted molar refractivity (Wildman–Crippen MR) is 96.0 cm³/mol. The van der Waals surface area contributed by atoms with E-state index in [-0.39, 0.29) is 10.8 Å². The summed E-state index contributed by atoms with van der Waals surface area (Å²) in [6.45, 7) is 0.286. The number of rotatable bonds is 4. The first-order valence-electron chi connectivity index (χ1n) is 7.50. The quantitative estimate of drug-likeness (QED) is 0.861.